The predicted octanol–water partition coefficient (Wildman–Crippen LogP) is 2.95. The summed E-state index contributed by atoms with van der Waals surface area (Å²) in [5.41, 5.74) is 1.60. The molecule has 1 aromatic heterocycles. The molecule has 10 heteroatoms. The standard InChI is InChI=1S/C19H26N4O5S/c1-13-17(23(25)26)14(2)22(20-13)12-15-6-8-16(9-7-15)18(24)21-29(27,28)11-10-19(3,4)5/h6-9H,10-12H2,1-5H3,(H,21,24). The Morgan fingerprint density at radius 2 is 1.79 bits per heavy atom. The monoisotopic (exact) mass is 422 g/mol. The number of nitro groups is 1. The normalized spacial score (nSPS) is 12.0. The van der Waals surface area contributed by atoms with Crippen LogP contribution in [0.2, 0.25) is 0 Å². The summed E-state index contributed by atoms with van der Waals surface area (Å²) in [5, 5.41) is 15.3. The fourth-order valence-corrected chi connectivity index (χ4v) is 4.12. The van der Waals surface area contributed by atoms with Crippen LogP contribution in [0.5, 0.6) is 0 Å². The van der Waals surface area contributed by atoms with E-state index in [0.29, 0.717) is 24.4 Å². The van der Waals surface area contributed by atoms with Crippen molar-refractivity contribution < 1.29 is 18.1 Å². The molecule has 0 aliphatic rings. The van der Waals surface area contributed by atoms with Crippen molar-refractivity contribution >= 4 is 21.6 Å². The Labute approximate surface area is 170 Å². The molecule has 0 spiro atoms. The Morgan fingerprint density at radius 1 is 1.21 bits per heavy atom. The third-order valence-electron chi connectivity index (χ3n) is 4.44. The van der Waals surface area contributed by atoms with Gasteiger partial charge >= 0.3 is 5.69 Å². The van der Waals surface area contributed by atoms with E-state index in [9.17, 15) is 23.3 Å². The summed E-state index contributed by atoms with van der Waals surface area (Å²) in [6.07, 6.45) is 0.434. The number of aromatic nitrogens is 2. The van der Waals surface area contributed by atoms with E-state index in [1.165, 1.54) is 16.8 Å². The second-order valence-corrected chi connectivity index (χ2v) is 10.0. The highest BCUT2D eigenvalue weighted by molar-refractivity contribution is 7.90. The first-order valence-corrected chi connectivity index (χ1v) is 10.8. The number of nitrogens with one attached hydrogen (secondary N) is 1. The van der Waals surface area contributed by atoms with Crippen molar-refractivity contribution in [1.82, 2.24) is 14.5 Å². The third kappa shape index (κ3) is 6.11. The maximum absolute atomic E-state index is 12.2. The Hall–Kier alpha value is -2.75. The van der Waals surface area contributed by atoms with Gasteiger partial charge in [-0.2, -0.15) is 5.10 Å². The molecular weight excluding hydrogens is 396 g/mol. The van der Waals surface area contributed by atoms with Crippen LogP contribution >= 0.6 is 0 Å². The van der Waals surface area contributed by atoms with Crippen molar-refractivity contribution in [2.24, 2.45) is 5.41 Å². The van der Waals surface area contributed by atoms with Crippen LogP contribution in [0.3, 0.4) is 0 Å². The van der Waals surface area contributed by atoms with Crippen molar-refractivity contribution in [3.8, 4) is 0 Å². The number of carbonyl (C=O) groups is 1. The molecule has 0 atom stereocenters. The molecule has 1 amide bonds. The molecule has 158 valence electrons. The molecule has 29 heavy (non-hydrogen) atoms. The van der Waals surface area contributed by atoms with E-state index in [1.807, 2.05) is 20.8 Å². The van der Waals surface area contributed by atoms with Crippen LogP contribution in [0, 0.1) is 29.4 Å². The highest BCUT2D eigenvalue weighted by Gasteiger charge is 2.22. The van der Waals surface area contributed by atoms with Gasteiger partial charge in [0.05, 0.1) is 17.2 Å². The van der Waals surface area contributed by atoms with Crippen LogP contribution in [0.4, 0.5) is 5.69 Å². The molecule has 0 saturated carbocycles. The van der Waals surface area contributed by atoms with Crippen molar-refractivity contribution in [3.05, 3.63) is 56.9 Å². The van der Waals surface area contributed by atoms with E-state index in [2.05, 4.69) is 9.82 Å². The molecule has 9 nitrogen and oxygen atoms in total. The molecule has 0 bridgehead atoms. The molecule has 0 aliphatic carbocycles. The fourth-order valence-electron chi connectivity index (χ4n) is 2.73. The number of nitrogens with zero attached hydrogens (tertiary/aromatic N) is 3. The first-order valence-electron chi connectivity index (χ1n) is 9.11. The third-order valence-corrected chi connectivity index (χ3v) is 5.68. The molecule has 0 aliphatic heterocycles. The quantitative estimate of drug-likeness (QED) is 0.540. The Balaban J connectivity index is 2.08. The number of aryl methyl sites for hydroxylation is 1. The number of benzene rings is 1. The van der Waals surface area contributed by atoms with Crippen LogP contribution in [0.1, 0.15) is 54.5 Å². The lowest BCUT2D eigenvalue weighted by molar-refractivity contribution is -0.386. The lowest BCUT2D eigenvalue weighted by Crippen LogP contribution is -2.33. The van der Waals surface area contributed by atoms with Crippen molar-refractivity contribution in [3.63, 3.8) is 0 Å². The number of carbonyl (C=O) groups excluding carboxylic acids is 1. The number of sulfonamides is 1. The number of amides is 1. The maximum atomic E-state index is 12.2. The highest BCUT2D eigenvalue weighted by Crippen LogP contribution is 2.22. The van der Waals surface area contributed by atoms with E-state index in [0.717, 1.165) is 5.56 Å². The van der Waals surface area contributed by atoms with Crippen LogP contribution in [0.15, 0.2) is 24.3 Å². The van der Waals surface area contributed by atoms with Gasteiger partial charge in [0.15, 0.2) is 0 Å². The van der Waals surface area contributed by atoms with E-state index in [-0.39, 0.29) is 22.4 Å². The first-order chi connectivity index (χ1) is 13.3. The summed E-state index contributed by atoms with van der Waals surface area (Å²) >= 11 is 0. The van der Waals surface area contributed by atoms with E-state index in [1.54, 1.807) is 26.0 Å². The van der Waals surface area contributed by atoms with Gasteiger partial charge in [-0.15, -0.1) is 0 Å². The fraction of sp³-hybridized carbons (Fsp3) is 0.474. The Kier molecular flexibility index (Phi) is 6.46. The summed E-state index contributed by atoms with van der Waals surface area (Å²) in [6, 6.07) is 6.37. The molecule has 2 aromatic rings. The number of hydrogen-bond donors (Lipinski definition) is 1. The van der Waals surface area contributed by atoms with Gasteiger partial charge in [-0.3, -0.25) is 19.6 Å². The average molecular weight is 423 g/mol. The zero-order chi connectivity index (χ0) is 22.0. The molecule has 0 fully saturated rings. The van der Waals surface area contributed by atoms with E-state index in [4.69, 9.17) is 0 Å². The summed E-state index contributed by atoms with van der Waals surface area (Å²) < 4.78 is 27.8. The van der Waals surface area contributed by atoms with Gasteiger partial charge in [0, 0.05) is 5.56 Å². The lowest BCUT2D eigenvalue weighted by atomic mass is 9.94. The minimum absolute atomic E-state index is 0.0125. The highest BCUT2D eigenvalue weighted by atomic mass is 32.2. The van der Waals surface area contributed by atoms with Crippen LogP contribution < -0.4 is 4.72 Å². The number of hydrogen-bond acceptors (Lipinski definition) is 6. The maximum Gasteiger partial charge on any atom is 0.312 e. The Morgan fingerprint density at radius 3 is 2.28 bits per heavy atom. The smallest absolute Gasteiger partial charge is 0.268 e. The topological polar surface area (TPSA) is 124 Å². The predicted molar refractivity (Wildman–Crippen MR) is 109 cm³/mol. The molecule has 0 radical (unpaired) electrons. The van der Waals surface area contributed by atoms with Gasteiger partial charge in [-0.25, -0.2) is 13.1 Å². The van der Waals surface area contributed by atoms with Crippen LogP contribution in [0.25, 0.3) is 0 Å². The summed E-state index contributed by atoms with van der Waals surface area (Å²) in [5.74, 6) is -0.816. The van der Waals surface area contributed by atoms with Gasteiger partial charge in [-0.1, -0.05) is 32.9 Å². The van der Waals surface area contributed by atoms with E-state index >= 15 is 0 Å². The van der Waals surface area contributed by atoms with Gasteiger partial charge in [-0.05, 0) is 43.4 Å². The second kappa shape index (κ2) is 8.32. The van der Waals surface area contributed by atoms with Crippen molar-refractivity contribution in [2.45, 2.75) is 47.6 Å². The minimum atomic E-state index is -3.71. The number of rotatable bonds is 7. The molecule has 1 N–H and O–H groups in total. The molecular formula is C19H26N4O5S. The van der Waals surface area contributed by atoms with Gasteiger partial charge in [0.1, 0.15) is 11.4 Å². The van der Waals surface area contributed by atoms with E-state index < -0.39 is 20.9 Å². The zero-order valence-electron chi connectivity index (χ0n) is 17.2. The average Bonchev–Trinajstić information content (AvgIpc) is 2.86. The van der Waals surface area contributed by atoms with Gasteiger partial charge in [0.2, 0.25) is 10.0 Å². The SMILES string of the molecule is Cc1nn(Cc2ccc(C(=O)NS(=O)(=O)CCC(C)(C)C)cc2)c(C)c1[N+](=O)[O-]. The zero-order valence-corrected chi connectivity index (χ0v) is 18.0. The van der Waals surface area contributed by atoms with Crippen molar-refractivity contribution in [1.29, 1.82) is 0 Å². The van der Waals surface area contributed by atoms with Gasteiger partial charge in [0.25, 0.3) is 5.91 Å². The lowest BCUT2D eigenvalue weighted by Gasteiger charge is -2.17. The molecule has 0 unspecified atom stereocenters. The van der Waals surface area contributed by atoms with Crippen molar-refractivity contribution in [2.75, 3.05) is 5.75 Å². The summed E-state index contributed by atoms with van der Waals surface area (Å²) in [4.78, 5) is 22.9. The van der Waals surface area contributed by atoms with Crippen LogP contribution in [-0.2, 0) is 16.6 Å². The summed E-state index contributed by atoms with van der Waals surface area (Å²) in [6.45, 7) is 9.30. The summed E-state index contributed by atoms with van der Waals surface area (Å²) in [7, 11) is -3.71. The first kappa shape index (κ1) is 22.5. The molecule has 1 aromatic carbocycles. The van der Waals surface area contributed by atoms with Crippen LogP contribution in [-0.4, -0.2) is 34.8 Å². The molecule has 2 rings (SSSR count). The second-order valence-electron chi connectivity index (χ2n) is 8.19. The molecule has 1 heterocycles. The largest absolute Gasteiger partial charge is 0.312 e. The minimum Gasteiger partial charge on any atom is -0.268 e. The molecule has 0 saturated heterocycles. The van der Waals surface area contributed by atoms with Gasteiger partial charge < -0.3 is 0 Å². The Bertz CT molecular complexity index is 1020.